The summed E-state index contributed by atoms with van der Waals surface area (Å²) in [5.41, 5.74) is 3.35. The van der Waals surface area contributed by atoms with Crippen LogP contribution in [-0.2, 0) is 10.0 Å². The van der Waals surface area contributed by atoms with Gasteiger partial charge in [0, 0.05) is 24.7 Å². The van der Waals surface area contributed by atoms with Crippen molar-refractivity contribution >= 4 is 15.7 Å². The summed E-state index contributed by atoms with van der Waals surface area (Å²) in [6.45, 7) is 3.43. The summed E-state index contributed by atoms with van der Waals surface area (Å²) in [5, 5.41) is 3.70. The van der Waals surface area contributed by atoms with E-state index in [1.54, 1.807) is 17.5 Å². The van der Waals surface area contributed by atoms with Gasteiger partial charge in [-0.05, 0) is 72.6 Å². The molecule has 1 aliphatic carbocycles. The molecule has 0 radical (unpaired) electrons. The highest BCUT2D eigenvalue weighted by Gasteiger charge is 2.39. The first kappa shape index (κ1) is 20.6. The predicted molar refractivity (Wildman–Crippen MR) is 123 cm³/mol. The van der Waals surface area contributed by atoms with E-state index in [2.05, 4.69) is 36.5 Å². The van der Waals surface area contributed by atoms with Crippen molar-refractivity contribution < 1.29 is 13.2 Å². The average Bonchev–Trinajstić information content (AvgIpc) is 3.29. The van der Waals surface area contributed by atoms with Gasteiger partial charge in [0.2, 0.25) is 10.0 Å². The third-order valence-electron chi connectivity index (χ3n) is 7.19. The van der Waals surface area contributed by atoms with Crippen LogP contribution in [0.5, 0.6) is 5.75 Å². The highest BCUT2D eigenvalue weighted by molar-refractivity contribution is 7.89. The number of methoxy groups -OCH3 is 1. The average molecular weight is 439 g/mol. The lowest BCUT2D eigenvalue weighted by Gasteiger charge is -2.38. The van der Waals surface area contributed by atoms with Crippen molar-refractivity contribution in [2.45, 2.75) is 43.0 Å². The van der Waals surface area contributed by atoms with E-state index in [4.69, 9.17) is 4.74 Å². The van der Waals surface area contributed by atoms with E-state index in [1.807, 2.05) is 24.3 Å². The summed E-state index contributed by atoms with van der Waals surface area (Å²) in [7, 11) is -1.78. The zero-order chi connectivity index (χ0) is 21.6. The van der Waals surface area contributed by atoms with Gasteiger partial charge in [-0.25, -0.2) is 8.42 Å². The van der Waals surface area contributed by atoms with Crippen LogP contribution in [0, 0.1) is 11.8 Å². The number of hydrogen-bond donors (Lipinski definition) is 1. The number of rotatable bonds is 4. The largest absolute Gasteiger partial charge is 0.497 e. The van der Waals surface area contributed by atoms with Crippen molar-refractivity contribution in [3.63, 3.8) is 0 Å². The van der Waals surface area contributed by atoms with Gasteiger partial charge in [-0.15, -0.1) is 0 Å². The van der Waals surface area contributed by atoms with Crippen molar-refractivity contribution in [1.29, 1.82) is 0 Å². The Morgan fingerprint density at radius 1 is 1.06 bits per heavy atom. The number of fused-ring (bicyclic) bond motifs is 3. The summed E-state index contributed by atoms with van der Waals surface area (Å²) in [6, 6.07) is 14.0. The van der Waals surface area contributed by atoms with Crippen LogP contribution >= 0.6 is 0 Å². The van der Waals surface area contributed by atoms with Crippen LogP contribution < -0.4 is 10.1 Å². The van der Waals surface area contributed by atoms with Gasteiger partial charge in [0.15, 0.2) is 0 Å². The third-order valence-corrected chi connectivity index (χ3v) is 9.08. The molecule has 3 aliphatic rings. The molecule has 2 aromatic rings. The first-order chi connectivity index (χ1) is 15.0. The second kappa shape index (κ2) is 7.99. The normalized spacial score (nSPS) is 26.2. The summed E-state index contributed by atoms with van der Waals surface area (Å²) in [4.78, 5) is 0.421. The lowest BCUT2D eigenvalue weighted by molar-refractivity contribution is 0.288. The zero-order valence-corrected chi connectivity index (χ0v) is 18.9. The van der Waals surface area contributed by atoms with Crippen LogP contribution in [0.2, 0.25) is 0 Å². The van der Waals surface area contributed by atoms with E-state index >= 15 is 0 Å². The van der Waals surface area contributed by atoms with Crippen LogP contribution in [-0.4, -0.2) is 32.9 Å². The van der Waals surface area contributed by atoms with Crippen LogP contribution in [0.4, 0.5) is 5.69 Å². The fourth-order valence-corrected chi connectivity index (χ4v) is 6.75. The molecule has 1 saturated heterocycles. The number of benzene rings is 2. The molecule has 5 rings (SSSR count). The molecule has 0 bridgehead atoms. The summed E-state index contributed by atoms with van der Waals surface area (Å²) >= 11 is 0. The number of anilines is 1. The smallest absolute Gasteiger partial charge is 0.243 e. The van der Waals surface area contributed by atoms with E-state index in [-0.39, 0.29) is 12.0 Å². The number of allylic oxidation sites excluding steroid dienone is 2. The van der Waals surface area contributed by atoms with E-state index in [0.717, 1.165) is 36.3 Å². The monoisotopic (exact) mass is 438 g/mol. The maximum atomic E-state index is 13.3. The van der Waals surface area contributed by atoms with Crippen molar-refractivity contribution in [2.24, 2.45) is 11.8 Å². The molecule has 2 heterocycles. The van der Waals surface area contributed by atoms with Crippen LogP contribution in [0.15, 0.2) is 59.5 Å². The van der Waals surface area contributed by atoms with E-state index in [9.17, 15) is 8.42 Å². The fraction of sp³-hybridized carbons (Fsp3) is 0.440. The molecular formula is C25H30N2O3S. The van der Waals surface area contributed by atoms with Gasteiger partial charge in [-0.1, -0.05) is 31.2 Å². The minimum atomic E-state index is -3.45. The standard InChI is InChI=1S/C25H30N2O3S/c1-17-12-14-27(15-13-17)31(28,29)20-10-11-24-23(16-20)21-4-3-5-22(21)25(26-24)18-6-8-19(30-2)9-7-18/h3-4,6-11,16-17,21-22,25-26H,5,12-15H2,1-2H3. The molecule has 6 heteroatoms. The molecule has 31 heavy (non-hydrogen) atoms. The minimum Gasteiger partial charge on any atom is -0.497 e. The lowest BCUT2D eigenvalue weighted by Crippen LogP contribution is -2.38. The Hall–Kier alpha value is -2.31. The Labute approximate surface area is 185 Å². The lowest BCUT2D eigenvalue weighted by atomic mass is 9.77. The van der Waals surface area contributed by atoms with Gasteiger partial charge in [0.05, 0.1) is 18.0 Å². The molecule has 1 N–H and O–H groups in total. The zero-order valence-electron chi connectivity index (χ0n) is 18.1. The second-order valence-corrected chi connectivity index (χ2v) is 11.0. The van der Waals surface area contributed by atoms with Gasteiger partial charge >= 0.3 is 0 Å². The Bertz CT molecular complexity index is 1090. The number of nitrogens with one attached hydrogen (secondary N) is 1. The van der Waals surface area contributed by atoms with Gasteiger partial charge in [-0.3, -0.25) is 0 Å². The summed E-state index contributed by atoms with van der Waals surface area (Å²) in [6.07, 6.45) is 7.33. The molecule has 2 aliphatic heterocycles. The van der Waals surface area contributed by atoms with Gasteiger partial charge in [0.1, 0.15) is 5.75 Å². The molecule has 0 amide bonds. The fourth-order valence-electron chi connectivity index (χ4n) is 5.25. The van der Waals surface area contributed by atoms with Crippen LogP contribution in [0.3, 0.4) is 0 Å². The SMILES string of the molecule is COc1ccc(C2Nc3ccc(S(=O)(=O)N4CCC(C)CC4)cc3C3C=CCC32)cc1. The summed E-state index contributed by atoms with van der Waals surface area (Å²) in [5.74, 6) is 2.04. The highest BCUT2D eigenvalue weighted by Crippen LogP contribution is 2.50. The molecule has 0 aromatic heterocycles. The van der Waals surface area contributed by atoms with Crippen molar-refractivity contribution in [3.05, 3.63) is 65.7 Å². The second-order valence-electron chi connectivity index (χ2n) is 9.08. The van der Waals surface area contributed by atoms with Gasteiger partial charge in [0.25, 0.3) is 0 Å². The van der Waals surface area contributed by atoms with Crippen molar-refractivity contribution in [2.75, 3.05) is 25.5 Å². The van der Waals surface area contributed by atoms with E-state index in [0.29, 0.717) is 29.8 Å². The first-order valence-corrected chi connectivity index (χ1v) is 12.6. The maximum absolute atomic E-state index is 13.3. The quantitative estimate of drug-likeness (QED) is 0.687. The molecule has 3 unspecified atom stereocenters. The number of hydrogen-bond acceptors (Lipinski definition) is 4. The molecule has 5 nitrogen and oxygen atoms in total. The van der Waals surface area contributed by atoms with Crippen LogP contribution in [0.25, 0.3) is 0 Å². The number of nitrogens with zero attached hydrogens (tertiary/aromatic N) is 1. The number of ether oxygens (including phenoxy) is 1. The van der Waals surface area contributed by atoms with Crippen LogP contribution in [0.1, 0.15) is 49.3 Å². The van der Waals surface area contributed by atoms with Crippen molar-refractivity contribution in [1.82, 2.24) is 4.31 Å². The van der Waals surface area contributed by atoms with E-state index < -0.39 is 10.0 Å². The molecule has 0 spiro atoms. The summed E-state index contributed by atoms with van der Waals surface area (Å²) < 4.78 is 33.6. The number of piperidine rings is 1. The van der Waals surface area contributed by atoms with Gasteiger partial charge < -0.3 is 10.1 Å². The predicted octanol–water partition coefficient (Wildman–Crippen LogP) is 4.94. The Balaban J connectivity index is 1.47. The van der Waals surface area contributed by atoms with Crippen molar-refractivity contribution in [3.8, 4) is 5.75 Å². The molecule has 0 saturated carbocycles. The highest BCUT2D eigenvalue weighted by atomic mass is 32.2. The molecule has 1 fully saturated rings. The number of sulfonamides is 1. The molecular weight excluding hydrogens is 408 g/mol. The molecule has 164 valence electrons. The van der Waals surface area contributed by atoms with Gasteiger partial charge in [-0.2, -0.15) is 4.31 Å². The first-order valence-electron chi connectivity index (χ1n) is 11.2. The molecule has 2 aromatic carbocycles. The Kier molecular flexibility index (Phi) is 5.30. The Morgan fingerprint density at radius 3 is 2.52 bits per heavy atom. The minimum absolute atomic E-state index is 0.185. The molecule has 3 atom stereocenters. The van der Waals surface area contributed by atoms with E-state index in [1.165, 1.54) is 5.56 Å². The topological polar surface area (TPSA) is 58.6 Å². The maximum Gasteiger partial charge on any atom is 0.243 e. The Morgan fingerprint density at radius 2 is 1.81 bits per heavy atom. The third kappa shape index (κ3) is 3.66.